The van der Waals surface area contributed by atoms with E-state index in [0.29, 0.717) is 6.42 Å². The second kappa shape index (κ2) is 3.21. The summed E-state index contributed by atoms with van der Waals surface area (Å²) in [5.41, 5.74) is 1.22. The zero-order valence-corrected chi connectivity index (χ0v) is 7.62. The summed E-state index contributed by atoms with van der Waals surface area (Å²) in [6.45, 7) is 1.60. The van der Waals surface area contributed by atoms with Crippen molar-refractivity contribution in [2.24, 2.45) is 0 Å². The number of carbonyl (C=O) groups excluding carboxylic acids is 1. The van der Waals surface area contributed by atoms with E-state index in [-0.39, 0.29) is 11.9 Å². The fourth-order valence-electron chi connectivity index (χ4n) is 1.69. The maximum atomic E-state index is 10.9. The Balaban J connectivity index is 2.09. The summed E-state index contributed by atoms with van der Waals surface area (Å²) in [7, 11) is 0. The maximum absolute atomic E-state index is 10.9. The fourth-order valence-corrected chi connectivity index (χ4v) is 1.69. The quantitative estimate of drug-likeness (QED) is 0.688. The number of fused-ring (bicyclic) bond motifs is 1. The Hall–Kier alpha value is -1.31. The Bertz CT molecular complexity index is 306. The van der Waals surface area contributed by atoms with Crippen LogP contribution in [0.2, 0.25) is 0 Å². The van der Waals surface area contributed by atoms with E-state index in [2.05, 4.69) is 6.07 Å². The topological polar surface area (TPSA) is 26.3 Å². The molecule has 0 aromatic heterocycles. The second-order valence-electron chi connectivity index (χ2n) is 3.46. The van der Waals surface area contributed by atoms with Gasteiger partial charge in [0.2, 0.25) is 0 Å². The standard InChI is InChI=1S/C11H12O2/c1-8(12)6-10-7-9-4-2-3-5-11(9)13-10/h2-5,10H,6-7H2,1H3/t10-/m0/s1. The third kappa shape index (κ3) is 1.72. The van der Waals surface area contributed by atoms with Gasteiger partial charge in [0.1, 0.15) is 17.6 Å². The molecule has 2 nitrogen and oxygen atoms in total. The van der Waals surface area contributed by atoms with Crippen LogP contribution >= 0.6 is 0 Å². The molecule has 0 aliphatic carbocycles. The van der Waals surface area contributed by atoms with E-state index in [1.54, 1.807) is 6.92 Å². The van der Waals surface area contributed by atoms with Crippen LogP contribution in [-0.2, 0) is 11.2 Å². The highest BCUT2D eigenvalue weighted by Gasteiger charge is 2.22. The van der Waals surface area contributed by atoms with Crippen molar-refractivity contribution in [3.63, 3.8) is 0 Å². The number of benzene rings is 1. The van der Waals surface area contributed by atoms with Gasteiger partial charge >= 0.3 is 0 Å². The lowest BCUT2D eigenvalue weighted by Gasteiger charge is -2.06. The largest absolute Gasteiger partial charge is 0.489 e. The van der Waals surface area contributed by atoms with Crippen LogP contribution in [0, 0.1) is 0 Å². The molecule has 0 N–H and O–H groups in total. The summed E-state index contributed by atoms with van der Waals surface area (Å²) in [5.74, 6) is 1.13. The van der Waals surface area contributed by atoms with Crippen molar-refractivity contribution in [2.75, 3.05) is 0 Å². The Morgan fingerprint density at radius 1 is 1.54 bits per heavy atom. The Morgan fingerprint density at radius 2 is 2.31 bits per heavy atom. The number of ether oxygens (including phenoxy) is 1. The Kier molecular flexibility index (Phi) is 2.05. The molecule has 0 saturated carbocycles. The average Bonchev–Trinajstić information content (AvgIpc) is 2.44. The molecule has 13 heavy (non-hydrogen) atoms. The second-order valence-corrected chi connectivity index (χ2v) is 3.46. The first-order valence-electron chi connectivity index (χ1n) is 4.49. The third-order valence-electron chi connectivity index (χ3n) is 2.23. The van der Waals surface area contributed by atoms with Crippen LogP contribution < -0.4 is 4.74 Å². The number of ketones is 1. The van der Waals surface area contributed by atoms with Crippen molar-refractivity contribution in [2.45, 2.75) is 25.9 Å². The van der Waals surface area contributed by atoms with Gasteiger partial charge in [-0.05, 0) is 18.6 Å². The SMILES string of the molecule is CC(=O)C[C@H]1Cc2ccccc2O1. The molecule has 1 atom stereocenters. The molecule has 0 spiro atoms. The molecule has 0 saturated heterocycles. The van der Waals surface area contributed by atoms with Gasteiger partial charge in [0.25, 0.3) is 0 Å². The van der Waals surface area contributed by atoms with Crippen LogP contribution in [0.5, 0.6) is 5.75 Å². The molecule has 68 valence electrons. The normalized spacial score (nSPS) is 19.3. The van der Waals surface area contributed by atoms with E-state index >= 15 is 0 Å². The number of hydrogen-bond acceptors (Lipinski definition) is 2. The van der Waals surface area contributed by atoms with Gasteiger partial charge in [-0.3, -0.25) is 4.79 Å². The zero-order chi connectivity index (χ0) is 9.26. The van der Waals surface area contributed by atoms with Gasteiger partial charge in [0.05, 0.1) is 0 Å². The summed E-state index contributed by atoms with van der Waals surface area (Å²) >= 11 is 0. The molecular formula is C11H12O2. The molecule has 0 amide bonds. The average molecular weight is 176 g/mol. The number of para-hydroxylation sites is 1. The van der Waals surface area contributed by atoms with Gasteiger partial charge in [0.15, 0.2) is 0 Å². The molecule has 0 bridgehead atoms. The van der Waals surface area contributed by atoms with Gasteiger partial charge in [-0.15, -0.1) is 0 Å². The molecule has 1 heterocycles. The smallest absolute Gasteiger partial charge is 0.133 e. The predicted molar refractivity (Wildman–Crippen MR) is 49.9 cm³/mol. The van der Waals surface area contributed by atoms with E-state index in [1.807, 2.05) is 18.2 Å². The lowest BCUT2D eigenvalue weighted by Crippen LogP contribution is -2.16. The van der Waals surface area contributed by atoms with Crippen molar-refractivity contribution >= 4 is 5.78 Å². The first-order chi connectivity index (χ1) is 6.25. The number of rotatable bonds is 2. The highest BCUT2D eigenvalue weighted by Crippen LogP contribution is 2.29. The molecule has 2 heteroatoms. The predicted octanol–water partition coefficient (Wildman–Crippen LogP) is 1.97. The van der Waals surface area contributed by atoms with Crippen molar-refractivity contribution < 1.29 is 9.53 Å². The first-order valence-corrected chi connectivity index (χ1v) is 4.49. The van der Waals surface area contributed by atoms with Crippen LogP contribution in [0.25, 0.3) is 0 Å². The summed E-state index contributed by atoms with van der Waals surface area (Å²) in [6.07, 6.45) is 1.46. The molecule has 1 aromatic carbocycles. The minimum absolute atomic E-state index is 0.0647. The molecule has 1 aliphatic rings. The van der Waals surface area contributed by atoms with Crippen LogP contribution in [0.15, 0.2) is 24.3 Å². The summed E-state index contributed by atoms with van der Waals surface area (Å²) in [6, 6.07) is 7.96. The summed E-state index contributed by atoms with van der Waals surface area (Å²) < 4.78 is 5.60. The lowest BCUT2D eigenvalue weighted by atomic mass is 10.1. The van der Waals surface area contributed by atoms with Crippen LogP contribution in [0.3, 0.4) is 0 Å². The monoisotopic (exact) mass is 176 g/mol. The lowest BCUT2D eigenvalue weighted by molar-refractivity contribution is -0.118. The molecule has 1 aromatic rings. The fraction of sp³-hybridized carbons (Fsp3) is 0.364. The molecule has 1 aliphatic heterocycles. The van der Waals surface area contributed by atoms with E-state index in [4.69, 9.17) is 4.74 Å². The van der Waals surface area contributed by atoms with Crippen molar-refractivity contribution in [1.29, 1.82) is 0 Å². The van der Waals surface area contributed by atoms with Crippen LogP contribution in [0.1, 0.15) is 18.9 Å². The molecule has 0 fully saturated rings. The van der Waals surface area contributed by atoms with Crippen molar-refractivity contribution in [3.8, 4) is 5.75 Å². The summed E-state index contributed by atoms with van der Waals surface area (Å²) in [5, 5.41) is 0. The molecule has 2 rings (SSSR count). The minimum Gasteiger partial charge on any atom is -0.489 e. The molecular weight excluding hydrogens is 164 g/mol. The Labute approximate surface area is 77.5 Å². The van der Waals surface area contributed by atoms with Gasteiger partial charge in [0, 0.05) is 12.8 Å². The zero-order valence-electron chi connectivity index (χ0n) is 7.62. The van der Waals surface area contributed by atoms with Crippen LogP contribution in [-0.4, -0.2) is 11.9 Å². The van der Waals surface area contributed by atoms with Crippen LogP contribution in [0.4, 0.5) is 0 Å². The van der Waals surface area contributed by atoms with E-state index in [0.717, 1.165) is 12.2 Å². The van der Waals surface area contributed by atoms with E-state index in [1.165, 1.54) is 5.56 Å². The Morgan fingerprint density at radius 3 is 3.00 bits per heavy atom. The highest BCUT2D eigenvalue weighted by atomic mass is 16.5. The van der Waals surface area contributed by atoms with E-state index < -0.39 is 0 Å². The highest BCUT2D eigenvalue weighted by molar-refractivity contribution is 5.76. The molecule has 0 unspecified atom stereocenters. The van der Waals surface area contributed by atoms with Gasteiger partial charge < -0.3 is 4.74 Å². The third-order valence-corrected chi connectivity index (χ3v) is 2.23. The minimum atomic E-state index is 0.0647. The van der Waals surface area contributed by atoms with E-state index in [9.17, 15) is 4.79 Å². The van der Waals surface area contributed by atoms with Crippen molar-refractivity contribution in [1.82, 2.24) is 0 Å². The number of Topliss-reactive ketones (excluding diaryl/α,β-unsaturated/α-hetero) is 1. The van der Waals surface area contributed by atoms with Gasteiger partial charge in [-0.1, -0.05) is 18.2 Å². The van der Waals surface area contributed by atoms with Gasteiger partial charge in [-0.25, -0.2) is 0 Å². The maximum Gasteiger partial charge on any atom is 0.133 e. The molecule has 0 radical (unpaired) electrons. The summed E-state index contributed by atoms with van der Waals surface area (Å²) in [4.78, 5) is 10.9. The van der Waals surface area contributed by atoms with Crippen molar-refractivity contribution in [3.05, 3.63) is 29.8 Å². The first kappa shape index (κ1) is 8.30. The number of hydrogen-bond donors (Lipinski definition) is 0. The number of carbonyl (C=O) groups is 1. The van der Waals surface area contributed by atoms with Gasteiger partial charge in [-0.2, -0.15) is 0 Å².